The first-order chi connectivity index (χ1) is 7.62. The molecule has 0 radical (unpaired) electrons. The maximum atomic E-state index is 8.79. The molecule has 6 heteroatoms. The van der Waals surface area contributed by atoms with Gasteiger partial charge in [-0.2, -0.15) is 0 Å². The van der Waals surface area contributed by atoms with Crippen molar-refractivity contribution in [2.45, 2.75) is 39.9 Å². The van der Waals surface area contributed by atoms with Crippen molar-refractivity contribution in [2.75, 3.05) is 33.2 Å². The Morgan fingerprint density at radius 2 is 1.18 bits per heavy atom. The minimum atomic E-state index is -0.911. The van der Waals surface area contributed by atoms with Gasteiger partial charge in [-0.25, -0.2) is 0 Å². The molecule has 2 atom stereocenters. The summed E-state index contributed by atoms with van der Waals surface area (Å²) in [6.45, 7) is 3.39. The van der Waals surface area contributed by atoms with Crippen molar-refractivity contribution < 1.29 is 29.9 Å². The van der Waals surface area contributed by atoms with Crippen molar-refractivity contribution in [3.63, 3.8) is 0 Å². The molecular weight excluding hydrogens is 228 g/mol. The summed E-state index contributed by atoms with van der Waals surface area (Å²) in [4.78, 5) is 0. The van der Waals surface area contributed by atoms with Gasteiger partial charge in [-0.05, 0) is 0 Å². The number of hydrogen-bond donors (Lipinski definition) is 4. The summed E-state index contributed by atoms with van der Waals surface area (Å²) >= 11 is 0. The third-order valence-corrected chi connectivity index (χ3v) is 1.21. The molecule has 0 saturated carbocycles. The van der Waals surface area contributed by atoms with Gasteiger partial charge in [0.15, 0.2) is 0 Å². The molecule has 0 spiro atoms. The summed E-state index contributed by atoms with van der Waals surface area (Å²) in [6.07, 6.45) is -0.572. The fraction of sp³-hybridized carbons (Fsp3) is 1.00. The van der Waals surface area contributed by atoms with Crippen LogP contribution in [0, 0.1) is 0 Å². The highest BCUT2D eigenvalue weighted by molar-refractivity contribution is 4.48. The molecule has 0 aliphatic rings. The second kappa shape index (κ2) is 18.1. The molecule has 0 aromatic rings. The summed E-state index contributed by atoms with van der Waals surface area (Å²) in [5.74, 6) is 0. The lowest BCUT2D eigenvalue weighted by Gasteiger charge is -2.10. The Balaban J connectivity index is -0.000000440. The highest BCUT2D eigenvalue weighted by atomic mass is 16.7. The van der Waals surface area contributed by atoms with Crippen LogP contribution in [0.4, 0.5) is 0 Å². The predicted octanol–water partition coefficient (Wildman–Crippen LogP) is -0.264. The summed E-state index contributed by atoms with van der Waals surface area (Å²) in [5.41, 5.74) is 0. The van der Waals surface area contributed by atoms with Crippen LogP contribution in [0.2, 0.25) is 0 Å². The van der Waals surface area contributed by atoms with Crippen molar-refractivity contribution in [2.24, 2.45) is 0 Å². The van der Waals surface area contributed by atoms with E-state index >= 15 is 0 Å². The van der Waals surface area contributed by atoms with Gasteiger partial charge in [-0.15, -0.1) is 0 Å². The van der Waals surface area contributed by atoms with Crippen molar-refractivity contribution in [1.29, 1.82) is 0 Å². The maximum absolute atomic E-state index is 8.79. The number of ether oxygens (including phenoxy) is 2. The van der Waals surface area contributed by atoms with E-state index in [1.54, 1.807) is 0 Å². The van der Waals surface area contributed by atoms with Crippen LogP contribution in [0.15, 0.2) is 0 Å². The lowest BCUT2D eigenvalue weighted by molar-refractivity contribution is -0.106. The largest absolute Gasteiger partial charge is 0.394 e. The first kappa shape index (κ1) is 22.0. The minimum absolute atomic E-state index is 0. The van der Waals surface area contributed by atoms with Gasteiger partial charge in [0.1, 0.15) is 19.0 Å². The van der Waals surface area contributed by atoms with Crippen LogP contribution >= 0.6 is 0 Å². The van der Waals surface area contributed by atoms with Crippen LogP contribution in [0.3, 0.4) is 0 Å². The number of aliphatic hydroxyl groups excluding tert-OH is 4. The van der Waals surface area contributed by atoms with Gasteiger partial charge in [0.05, 0.1) is 26.4 Å². The zero-order chi connectivity index (χ0) is 12.8. The Labute approximate surface area is 104 Å². The zero-order valence-electron chi connectivity index (χ0n) is 10.0. The Bertz CT molecular complexity index is 111. The number of aliphatic hydroxyl groups is 4. The topological polar surface area (TPSA) is 99.4 Å². The molecule has 108 valence electrons. The van der Waals surface area contributed by atoms with Gasteiger partial charge in [-0.1, -0.05) is 27.7 Å². The molecule has 0 bridgehead atoms. The van der Waals surface area contributed by atoms with Crippen LogP contribution in [0.5, 0.6) is 0 Å². The van der Waals surface area contributed by atoms with Crippen LogP contribution in [-0.4, -0.2) is 65.9 Å². The van der Waals surface area contributed by atoms with E-state index in [4.69, 9.17) is 29.9 Å². The molecule has 0 saturated heterocycles. The first-order valence-corrected chi connectivity index (χ1v) is 5.35. The summed E-state index contributed by atoms with van der Waals surface area (Å²) in [6, 6.07) is 0. The Morgan fingerprint density at radius 1 is 0.882 bits per heavy atom. The van der Waals surface area contributed by atoms with Crippen LogP contribution < -0.4 is 0 Å². The van der Waals surface area contributed by atoms with Crippen molar-refractivity contribution in [1.82, 2.24) is 0 Å². The Hall–Kier alpha value is -0.240. The fourth-order valence-electron chi connectivity index (χ4n) is 0.533. The van der Waals surface area contributed by atoms with Gasteiger partial charge in [0.2, 0.25) is 0 Å². The minimum Gasteiger partial charge on any atom is -0.394 e. The second-order valence-corrected chi connectivity index (χ2v) is 3.24. The number of rotatable bonds is 8. The molecule has 0 heterocycles. The van der Waals surface area contributed by atoms with Crippen LogP contribution in [0.25, 0.3) is 0 Å². The molecular formula is C11H28O6. The predicted molar refractivity (Wildman–Crippen MR) is 65.7 cm³/mol. The van der Waals surface area contributed by atoms with E-state index < -0.39 is 12.2 Å². The monoisotopic (exact) mass is 256 g/mol. The standard InChI is InChI=1S/C7H16O6.C3H8.CH4/c8-1-6(10)3-12-5-13-4-7(11)2-9;1-3-2;/h6-11H,1-5H2;3H2,1-2H3;1H4. The SMILES string of the molecule is C.CCC.OCC(O)COCOCC(O)CO. The average Bonchev–Trinajstić information content (AvgIpc) is 2.29. The lowest BCUT2D eigenvalue weighted by atomic mass is 10.4. The van der Waals surface area contributed by atoms with Gasteiger partial charge >= 0.3 is 0 Å². The molecule has 17 heavy (non-hydrogen) atoms. The van der Waals surface area contributed by atoms with E-state index in [0.29, 0.717) is 0 Å². The normalized spacial score (nSPS) is 13.1. The summed E-state index contributed by atoms with van der Waals surface area (Å²) in [7, 11) is 0. The van der Waals surface area contributed by atoms with Gasteiger partial charge in [0.25, 0.3) is 0 Å². The van der Waals surface area contributed by atoms with Crippen molar-refractivity contribution >= 4 is 0 Å². The third-order valence-electron chi connectivity index (χ3n) is 1.21. The zero-order valence-corrected chi connectivity index (χ0v) is 10.0. The third kappa shape index (κ3) is 21.6. The lowest BCUT2D eigenvalue weighted by Crippen LogP contribution is -2.23. The van der Waals surface area contributed by atoms with E-state index in [-0.39, 0.29) is 40.6 Å². The summed E-state index contributed by atoms with van der Waals surface area (Å²) < 4.78 is 9.51. The number of hydrogen-bond acceptors (Lipinski definition) is 6. The van der Waals surface area contributed by atoms with Crippen LogP contribution in [0.1, 0.15) is 27.7 Å². The van der Waals surface area contributed by atoms with Crippen molar-refractivity contribution in [3.8, 4) is 0 Å². The average molecular weight is 256 g/mol. The fourth-order valence-corrected chi connectivity index (χ4v) is 0.533. The van der Waals surface area contributed by atoms with Crippen LogP contribution in [-0.2, 0) is 9.47 Å². The second-order valence-electron chi connectivity index (χ2n) is 3.24. The molecule has 0 rings (SSSR count). The molecule has 0 aliphatic carbocycles. The molecule has 0 aromatic heterocycles. The van der Waals surface area contributed by atoms with E-state index in [2.05, 4.69) is 13.8 Å². The van der Waals surface area contributed by atoms with Crippen molar-refractivity contribution in [3.05, 3.63) is 0 Å². The van der Waals surface area contributed by atoms with Gasteiger partial charge in [-0.3, -0.25) is 0 Å². The highest BCUT2D eigenvalue weighted by Crippen LogP contribution is 1.87. The molecule has 0 aromatic carbocycles. The van der Waals surface area contributed by atoms with Gasteiger partial charge < -0.3 is 29.9 Å². The van der Waals surface area contributed by atoms with E-state index in [0.717, 1.165) is 0 Å². The Kier molecular flexibility index (Phi) is 23.5. The Morgan fingerprint density at radius 3 is 1.41 bits per heavy atom. The van der Waals surface area contributed by atoms with Gasteiger partial charge in [0, 0.05) is 0 Å². The van der Waals surface area contributed by atoms with E-state index in [1.165, 1.54) is 6.42 Å². The highest BCUT2D eigenvalue weighted by Gasteiger charge is 2.03. The summed E-state index contributed by atoms with van der Waals surface area (Å²) in [5, 5.41) is 34.3. The molecule has 6 nitrogen and oxygen atoms in total. The quantitative estimate of drug-likeness (QED) is 0.352. The molecule has 0 amide bonds. The molecule has 0 aliphatic heterocycles. The smallest absolute Gasteiger partial charge is 0.146 e. The molecule has 4 N–H and O–H groups in total. The first-order valence-electron chi connectivity index (χ1n) is 5.35. The molecule has 2 unspecified atom stereocenters. The maximum Gasteiger partial charge on any atom is 0.146 e. The van der Waals surface area contributed by atoms with E-state index in [9.17, 15) is 0 Å². The molecule has 0 fully saturated rings. The van der Waals surface area contributed by atoms with E-state index in [1.807, 2.05) is 0 Å².